The van der Waals surface area contributed by atoms with Crippen molar-refractivity contribution in [3.63, 3.8) is 0 Å². The van der Waals surface area contributed by atoms with Crippen molar-refractivity contribution in [2.24, 2.45) is 4.99 Å². The molecule has 1 fully saturated rings. The Morgan fingerprint density at radius 2 is 2.00 bits per heavy atom. The van der Waals surface area contributed by atoms with Gasteiger partial charge in [0.25, 0.3) is 0 Å². The number of hydrogen-bond acceptors (Lipinski definition) is 5. The zero-order chi connectivity index (χ0) is 21.7. The molecule has 3 heterocycles. The number of aromatic amines is 1. The van der Waals surface area contributed by atoms with E-state index in [0.717, 1.165) is 24.4 Å². The van der Waals surface area contributed by atoms with Gasteiger partial charge in [0.15, 0.2) is 5.96 Å². The third-order valence-corrected chi connectivity index (χ3v) is 7.22. The van der Waals surface area contributed by atoms with Gasteiger partial charge in [-0.2, -0.15) is 4.31 Å². The Hall–Kier alpha value is -2.12. The number of piperazine rings is 1. The van der Waals surface area contributed by atoms with Crippen LogP contribution in [0.3, 0.4) is 0 Å². The molecule has 1 aromatic carbocycles. The largest absolute Gasteiger partial charge is 0.364 e. The fraction of sp³-hybridized carbons (Fsp3) is 0.429. The van der Waals surface area contributed by atoms with Gasteiger partial charge in [0, 0.05) is 62.4 Å². The Morgan fingerprint density at radius 3 is 2.72 bits per heavy atom. The summed E-state index contributed by atoms with van der Waals surface area (Å²) < 4.78 is 31.6. The number of H-pyrrole nitrogens is 1. The maximum absolute atomic E-state index is 12.6. The number of benzene rings is 1. The van der Waals surface area contributed by atoms with Gasteiger partial charge in [0.2, 0.25) is 10.0 Å². The number of aliphatic imine (C=N–C) groups is 1. The number of aromatic nitrogens is 2. The minimum absolute atomic E-state index is 0. The van der Waals surface area contributed by atoms with Gasteiger partial charge in [-0.3, -0.25) is 4.99 Å². The Morgan fingerprint density at radius 1 is 1.22 bits per heavy atom. The molecule has 1 saturated heterocycles. The third-order valence-electron chi connectivity index (χ3n) is 5.41. The Kier molecular flexibility index (Phi) is 8.54. The van der Waals surface area contributed by atoms with Gasteiger partial charge in [-0.25, -0.2) is 8.42 Å². The SMILES string of the molecule is CCNC(=NCCc1c[nH]c2ccccc12)N1CCN(S(=O)(=O)Cc2ccon2)CC1.I. The van der Waals surface area contributed by atoms with Crippen molar-refractivity contribution >= 4 is 50.9 Å². The number of nitrogens with zero attached hydrogens (tertiary/aromatic N) is 4. The molecule has 9 nitrogen and oxygen atoms in total. The van der Waals surface area contributed by atoms with Crippen LogP contribution in [0, 0.1) is 0 Å². The van der Waals surface area contributed by atoms with Crippen LogP contribution in [0.2, 0.25) is 0 Å². The van der Waals surface area contributed by atoms with Crippen molar-refractivity contribution in [2.75, 3.05) is 39.3 Å². The Bertz CT molecular complexity index is 1120. The fourth-order valence-corrected chi connectivity index (χ4v) is 5.24. The summed E-state index contributed by atoms with van der Waals surface area (Å²) in [7, 11) is -3.41. The van der Waals surface area contributed by atoms with Crippen molar-refractivity contribution in [3.8, 4) is 0 Å². The molecule has 0 spiro atoms. The normalized spacial score (nSPS) is 15.7. The van der Waals surface area contributed by atoms with Crippen LogP contribution in [0.1, 0.15) is 18.2 Å². The lowest BCUT2D eigenvalue weighted by atomic mass is 10.1. The van der Waals surface area contributed by atoms with Crippen LogP contribution in [0.4, 0.5) is 0 Å². The van der Waals surface area contributed by atoms with Crippen molar-refractivity contribution < 1.29 is 12.9 Å². The minimum Gasteiger partial charge on any atom is -0.364 e. The first-order chi connectivity index (χ1) is 15.1. The first kappa shape index (κ1) is 24.5. The molecule has 0 aliphatic carbocycles. The maximum Gasteiger partial charge on any atom is 0.220 e. The molecule has 0 radical (unpaired) electrons. The second kappa shape index (κ2) is 11.1. The predicted octanol–water partition coefficient (Wildman–Crippen LogP) is 2.43. The highest BCUT2D eigenvalue weighted by Gasteiger charge is 2.29. The monoisotopic (exact) mass is 572 g/mol. The fourth-order valence-electron chi connectivity index (χ4n) is 3.81. The van der Waals surface area contributed by atoms with Gasteiger partial charge in [-0.05, 0) is 25.0 Å². The van der Waals surface area contributed by atoms with E-state index in [1.165, 1.54) is 21.5 Å². The molecule has 0 bridgehead atoms. The predicted molar refractivity (Wildman–Crippen MR) is 136 cm³/mol. The summed E-state index contributed by atoms with van der Waals surface area (Å²) in [5, 5.41) is 8.28. The number of para-hydroxylation sites is 1. The number of guanidine groups is 1. The van der Waals surface area contributed by atoms with Gasteiger partial charge in [-0.1, -0.05) is 23.4 Å². The molecular weight excluding hydrogens is 543 g/mol. The van der Waals surface area contributed by atoms with E-state index in [0.29, 0.717) is 38.4 Å². The summed E-state index contributed by atoms with van der Waals surface area (Å²) in [5.74, 6) is 0.693. The summed E-state index contributed by atoms with van der Waals surface area (Å²) in [4.78, 5) is 10.2. The Labute approximate surface area is 205 Å². The summed E-state index contributed by atoms with van der Waals surface area (Å²) in [6, 6.07) is 9.84. The molecule has 1 aliphatic heterocycles. The summed E-state index contributed by atoms with van der Waals surface area (Å²) >= 11 is 0. The number of fused-ring (bicyclic) bond motifs is 1. The van der Waals surface area contributed by atoms with Gasteiger partial charge in [0.1, 0.15) is 12.0 Å². The van der Waals surface area contributed by atoms with E-state index in [9.17, 15) is 8.42 Å². The number of sulfonamides is 1. The zero-order valence-electron chi connectivity index (χ0n) is 18.0. The van der Waals surface area contributed by atoms with E-state index < -0.39 is 10.0 Å². The summed E-state index contributed by atoms with van der Waals surface area (Å²) in [5.41, 5.74) is 2.81. The van der Waals surface area contributed by atoms with Gasteiger partial charge >= 0.3 is 0 Å². The zero-order valence-corrected chi connectivity index (χ0v) is 21.2. The van der Waals surface area contributed by atoms with Crippen LogP contribution < -0.4 is 5.32 Å². The van der Waals surface area contributed by atoms with Gasteiger partial charge < -0.3 is 19.7 Å². The quantitative estimate of drug-likeness (QED) is 0.256. The standard InChI is InChI=1S/C21H28N6O3S.HI/c1-2-22-21(23-9-7-17-15-24-20-6-4-3-5-19(17)20)26-10-12-27(13-11-26)31(28,29)16-18-8-14-30-25-18;/h3-6,8,14-15,24H,2,7,9-13,16H2,1H3,(H,22,23);1H. The third kappa shape index (κ3) is 5.81. The average Bonchev–Trinajstić information content (AvgIpc) is 3.43. The van der Waals surface area contributed by atoms with Crippen molar-refractivity contribution in [2.45, 2.75) is 19.1 Å². The molecular formula is C21H29IN6O3S. The summed E-state index contributed by atoms with van der Waals surface area (Å²) in [6.07, 6.45) is 4.27. The molecule has 2 N–H and O–H groups in total. The lowest BCUT2D eigenvalue weighted by Gasteiger charge is -2.35. The van der Waals surface area contributed by atoms with Crippen LogP contribution in [0.15, 0.2) is 52.3 Å². The molecule has 0 amide bonds. The van der Waals surface area contributed by atoms with E-state index in [4.69, 9.17) is 9.52 Å². The first-order valence-electron chi connectivity index (χ1n) is 10.5. The van der Waals surface area contributed by atoms with E-state index in [2.05, 4.69) is 32.5 Å². The molecule has 0 atom stereocenters. The van der Waals surface area contributed by atoms with Gasteiger partial charge in [-0.15, -0.1) is 24.0 Å². The van der Waals surface area contributed by atoms with Crippen LogP contribution in [0.25, 0.3) is 10.9 Å². The first-order valence-corrected chi connectivity index (χ1v) is 12.1. The van der Waals surface area contributed by atoms with E-state index >= 15 is 0 Å². The topological polar surface area (TPSA) is 107 Å². The Balaban J connectivity index is 0.00000289. The van der Waals surface area contributed by atoms with E-state index in [-0.39, 0.29) is 29.7 Å². The van der Waals surface area contributed by atoms with Crippen molar-refractivity contribution in [1.82, 2.24) is 24.7 Å². The number of rotatable bonds is 7. The molecule has 3 aromatic rings. The highest BCUT2D eigenvalue weighted by atomic mass is 127. The molecule has 32 heavy (non-hydrogen) atoms. The molecule has 0 saturated carbocycles. The number of nitrogens with one attached hydrogen (secondary N) is 2. The highest BCUT2D eigenvalue weighted by Crippen LogP contribution is 2.18. The smallest absolute Gasteiger partial charge is 0.220 e. The van der Waals surface area contributed by atoms with Crippen molar-refractivity contribution in [1.29, 1.82) is 0 Å². The second-order valence-electron chi connectivity index (χ2n) is 7.48. The minimum atomic E-state index is -3.41. The maximum atomic E-state index is 12.6. The average molecular weight is 572 g/mol. The molecule has 4 rings (SSSR count). The van der Waals surface area contributed by atoms with Crippen LogP contribution in [-0.4, -0.2) is 73.0 Å². The van der Waals surface area contributed by atoms with Crippen LogP contribution in [-0.2, 0) is 22.2 Å². The second-order valence-corrected chi connectivity index (χ2v) is 9.45. The molecule has 174 valence electrons. The van der Waals surface area contributed by atoms with E-state index in [1.54, 1.807) is 6.07 Å². The van der Waals surface area contributed by atoms with E-state index in [1.807, 2.05) is 25.3 Å². The number of hydrogen-bond donors (Lipinski definition) is 2. The van der Waals surface area contributed by atoms with Gasteiger partial charge in [0.05, 0.1) is 5.69 Å². The van der Waals surface area contributed by atoms with Crippen LogP contribution >= 0.6 is 24.0 Å². The number of halogens is 1. The lowest BCUT2D eigenvalue weighted by molar-refractivity contribution is 0.260. The molecule has 11 heteroatoms. The van der Waals surface area contributed by atoms with Crippen molar-refractivity contribution in [3.05, 3.63) is 54.0 Å². The molecule has 2 aromatic heterocycles. The summed E-state index contributed by atoms with van der Waals surface area (Å²) in [6.45, 7) is 5.49. The van der Waals surface area contributed by atoms with Crippen LogP contribution in [0.5, 0.6) is 0 Å². The molecule has 0 unspecified atom stereocenters. The lowest BCUT2D eigenvalue weighted by Crippen LogP contribution is -2.54. The molecule has 1 aliphatic rings. The highest BCUT2D eigenvalue weighted by molar-refractivity contribution is 14.0.